The molecule has 1 aromatic rings. The molecule has 0 fully saturated rings. The summed E-state index contributed by atoms with van der Waals surface area (Å²) in [6.45, 7) is 7.73. The van der Waals surface area contributed by atoms with Crippen molar-refractivity contribution in [3.05, 3.63) is 29.3 Å². The summed E-state index contributed by atoms with van der Waals surface area (Å²) in [7, 11) is 0. The highest BCUT2D eigenvalue weighted by Gasteiger charge is 2.28. The third-order valence-electron chi connectivity index (χ3n) is 2.83. The Bertz CT molecular complexity index is 495. The number of nitrogens with one attached hydrogen (secondary N) is 2. The molecule has 5 heteroatoms. The topological polar surface area (TPSA) is 84.2 Å². The fourth-order valence-electron chi connectivity index (χ4n) is 1.60. The molecular formula is C14H21N3O2. The van der Waals surface area contributed by atoms with Crippen LogP contribution in [0.25, 0.3) is 0 Å². The van der Waals surface area contributed by atoms with Crippen LogP contribution >= 0.6 is 0 Å². The minimum absolute atomic E-state index is 0.316. The molecule has 0 aromatic heterocycles. The Balaban J connectivity index is 3.05. The second kappa shape index (κ2) is 5.73. The van der Waals surface area contributed by atoms with Gasteiger partial charge in [0.15, 0.2) is 0 Å². The van der Waals surface area contributed by atoms with Gasteiger partial charge in [-0.1, -0.05) is 11.6 Å². The maximum Gasteiger partial charge on any atom is 0.254 e. The molecule has 0 radical (unpaired) electrons. The molecule has 0 aliphatic heterocycles. The summed E-state index contributed by atoms with van der Waals surface area (Å²) in [5, 5.41) is 5.77. The maximum atomic E-state index is 12.3. The number of carbonyl (C=O) groups is 2. The molecule has 0 bridgehead atoms. The van der Waals surface area contributed by atoms with Gasteiger partial charge >= 0.3 is 0 Å². The van der Waals surface area contributed by atoms with Crippen LogP contribution in [0.5, 0.6) is 0 Å². The van der Waals surface area contributed by atoms with Gasteiger partial charge in [0, 0.05) is 12.2 Å². The van der Waals surface area contributed by atoms with Crippen molar-refractivity contribution >= 4 is 17.5 Å². The molecule has 5 nitrogen and oxygen atoms in total. The van der Waals surface area contributed by atoms with E-state index in [2.05, 4.69) is 10.6 Å². The number of hydrogen-bond donors (Lipinski definition) is 3. The number of benzene rings is 1. The number of amides is 2. The molecule has 0 heterocycles. The highest BCUT2D eigenvalue weighted by Crippen LogP contribution is 2.18. The first-order valence-electron chi connectivity index (χ1n) is 6.25. The van der Waals surface area contributed by atoms with Crippen molar-refractivity contribution in [3.63, 3.8) is 0 Å². The summed E-state index contributed by atoms with van der Waals surface area (Å²) in [4.78, 5) is 23.5. The molecule has 0 aliphatic rings. The normalized spacial score (nSPS) is 10.9. The number of carbonyl (C=O) groups excluding carboxylic acids is 2. The van der Waals surface area contributed by atoms with E-state index >= 15 is 0 Å². The zero-order valence-corrected chi connectivity index (χ0v) is 11.8. The van der Waals surface area contributed by atoms with Crippen molar-refractivity contribution in [2.75, 3.05) is 11.9 Å². The monoisotopic (exact) mass is 263 g/mol. The van der Waals surface area contributed by atoms with Crippen LogP contribution in [0.15, 0.2) is 18.2 Å². The minimum atomic E-state index is -1.08. The van der Waals surface area contributed by atoms with Gasteiger partial charge in [0.1, 0.15) is 5.54 Å². The Labute approximate surface area is 113 Å². The Kier molecular flexibility index (Phi) is 4.53. The van der Waals surface area contributed by atoms with Crippen molar-refractivity contribution < 1.29 is 9.59 Å². The van der Waals surface area contributed by atoms with Crippen LogP contribution < -0.4 is 16.4 Å². The number of primary amides is 1. The lowest BCUT2D eigenvalue weighted by Crippen LogP contribution is -2.53. The first-order chi connectivity index (χ1) is 8.77. The number of nitrogens with two attached hydrogens (primary N) is 1. The zero-order valence-electron chi connectivity index (χ0n) is 11.8. The third-order valence-corrected chi connectivity index (χ3v) is 2.83. The fourth-order valence-corrected chi connectivity index (χ4v) is 1.60. The molecule has 0 aliphatic carbocycles. The molecule has 0 unspecified atom stereocenters. The number of anilines is 1. The Morgan fingerprint density at radius 1 is 1.32 bits per heavy atom. The van der Waals surface area contributed by atoms with E-state index in [1.165, 1.54) is 0 Å². The van der Waals surface area contributed by atoms with Crippen LogP contribution in [-0.2, 0) is 4.79 Å². The minimum Gasteiger partial charge on any atom is -0.385 e. The second-order valence-corrected chi connectivity index (χ2v) is 5.02. The molecule has 0 spiro atoms. The fraction of sp³-hybridized carbons (Fsp3) is 0.429. The van der Waals surface area contributed by atoms with Crippen molar-refractivity contribution in [2.24, 2.45) is 5.73 Å². The molecule has 19 heavy (non-hydrogen) atoms. The summed E-state index contributed by atoms with van der Waals surface area (Å²) < 4.78 is 0. The van der Waals surface area contributed by atoms with Gasteiger partial charge in [0.25, 0.3) is 5.91 Å². The van der Waals surface area contributed by atoms with Crippen LogP contribution in [-0.4, -0.2) is 23.9 Å². The summed E-state index contributed by atoms with van der Waals surface area (Å²) >= 11 is 0. The Hall–Kier alpha value is -2.04. The molecule has 2 amide bonds. The number of hydrogen-bond acceptors (Lipinski definition) is 3. The molecule has 1 aromatic carbocycles. The summed E-state index contributed by atoms with van der Waals surface area (Å²) in [5.41, 5.74) is 6.40. The average Bonchev–Trinajstić information content (AvgIpc) is 2.30. The van der Waals surface area contributed by atoms with Crippen molar-refractivity contribution in [3.8, 4) is 0 Å². The van der Waals surface area contributed by atoms with Crippen LogP contribution in [0, 0.1) is 6.92 Å². The lowest BCUT2D eigenvalue weighted by atomic mass is 10.0. The first kappa shape index (κ1) is 15.0. The van der Waals surface area contributed by atoms with Gasteiger partial charge in [-0.25, -0.2) is 0 Å². The number of rotatable bonds is 5. The third kappa shape index (κ3) is 3.71. The smallest absolute Gasteiger partial charge is 0.254 e. The maximum absolute atomic E-state index is 12.3. The quantitative estimate of drug-likeness (QED) is 0.751. The predicted octanol–water partition coefficient (Wildman–Crippen LogP) is 1.42. The van der Waals surface area contributed by atoms with Crippen molar-refractivity contribution in [1.82, 2.24) is 5.32 Å². The largest absolute Gasteiger partial charge is 0.385 e. The van der Waals surface area contributed by atoms with Gasteiger partial charge in [-0.3, -0.25) is 9.59 Å². The highest BCUT2D eigenvalue weighted by molar-refractivity contribution is 6.02. The SMILES string of the molecule is CCNc1ccc(C)cc1C(=O)NC(C)(C)C(N)=O. The lowest BCUT2D eigenvalue weighted by molar-refractivity contribution is -0.122. The Morgan fingerprint density at radius 3 is 2.47 bits per heavy atom. The summed E-state index contributed by atoms with van der Waals surface area (Å²) in [5.74, 6) is -0.887. The summed E-state index contributed by atoms with van der Waals surface area (Å²) in [6.07, 6.45) is 0. The van der Waals surface area contributed by atoms with E-state index in [-0.39, 0.29) is 5.91 Å². The molecule has 0 atom stereocenters. The molecule has 1 rings (SSSR count). The van der Waals surface area contributed by atoms with Gasteiger partial charge in [-0.05, 0) is 39.8 Å². The van der Waals surface area contributed by atoms with Crippen molar-refractivity contribution in [2.45, 2.75) is 33.2 Å². The van der Waals surface area contributed by atoms with Crippen LogP contribution in [0.3, 0.4) is 0 Å². The van der Waals surface area contributed by atoms with E-state index in [0.29, 0.717) is 12.1 Å². The Morgan fingerprint density at radius 2 is 1.95 bits per heavy atom. The van der Waals surface area contributed by atoms with Crippen LogP contribution in [0.2, 0.25) is 0 Å². The van der Waals surface area contributed by atoms with Crippen LogP contribution in [0.4, 0.5) is 5.69 Å². The number of aryl methyl sites for hydroxylation is 1. The van der Waals surface area contributed by atoms with Gasteiger partial charge in [-0.2, -0.15) is 0 Å². The van der Waals surface area contributed by atoms with E-state index in [0.717, 1.165) is 11.3 Å². The molecular weight excluding hydrogens is 242 g/mol. The second-order valence-electron chi connectivity index (χ2n) is 5.02. The van der Waals surface area contributed by atoms with Gasteiger partial charge in [0.05, 0.1) is 5.56 Å². The van der Waals surface area contributed by atoms with E-state index in [1.54, 1.807) is 19.9 Å². The van der Waals surface area contributed by atoms with Gasteiger partial charge in [0.2, 0.25) is 5.91 Å². The molecule has 104 valence electrons. The average molecular weight is 263 g/mol. The first-order valence-corrected chi connectivity index (χ1v) is 6.25. The predicted molar refractivity (Wildman–Crippen MR) is 76.1 cm³/mol. The molecule has 0 saturated heterocycles. The lowest BCUT2D eigenvalue weighted by Gasteiger charge is -2.23. The van der Waals surface area contributed by atoms with Gasteiger partial charge < -0.3 is 16.4 Å². The van der Waals surface area contributed by atoms with E-state index in [9.17, 15) is 9.59 Å². The zero-order chi connectivity index (χ0) is 14.6. The standard InChI is InChI=1S/C14H21N3O2/c1-5-16-11-7-6-9(2)8-10(11)12(18)17-14(3,4)13(15)19/h6-8,16H,5H2,1-4H3,(H2,15,19)(H,17,18). The highest BCUT2D eigenvalue weighted by atomic mass is 16.2. The summed E-state index contributed by atoms with van der Waals surface area (Å²) in [6, 6.07) is 5.56. The van der Waals surface area contributed by atoms with E-state index in [4.69, 9.17) is 5.73 Å². The van der Waals surface area contributed by atoms with E-state index in [1.807, 2.05) is 26.0 Å². The van der Waals surface area contributed by atoms with Crippen molar-refractivity contribution in [1.29, 1.82) is 0 Å². The van der Waals surface area contributed by atoms with Gasteiger partial charge in [-0.15, -0.1) is 0 Å². The molecule has 4 N–H and O–H groups in total. The van der Waals surface area contributed by atoms with E-state index < -0.39 is 11.4 Å². The molecule has 0 saturated carbocycles. The van der Waals surface area contributed by atoms with Crippen LogP contribution in [0.1, 0.15) is 36.7 Å².